The predicted octanol–water partition coefficient (Wildman–Crippen LogP) is 4.05. The minimum absolute atomic E-state index is 0.148. The maximum Gasteiger partial charge on any atom is 0.129 e. The maximum absolute atomic E-state index is 6.34. The van der Waals surface area contributed by atoms with E-state index >= 15 is 0 Å². The molecule has 0 spiro atoms. The van der Waals surface area contributed by atoms with E-state index in [4.69, 9.17) is 5.73 Å². The Morgan fingerprint density at radius 1 is 0.957 bits per heavy atom. The van der Waals surface area contributed by atoms with Gasteiger partial charge in [-0.1, -0.05) is 60.7 Å². The summed E-state index contributed by atoms with van der Waals surface area (Å²) < 4.78 is 0. The Kier molecular flexibility index (Phi) is 4.69. The molecule has 0 bridgehead atoms. The Balaban J connectivity index is 1.73. The van der Waals surface area contributed by atoms with Gasteiger partial charge in [0.1, 0.15) is 5.82 Å². The van der Waals surface area contributed by atoms with Crippen LogP contribution in [0, 0.1) is 6.92 Å². The number of aromatic nitrogens is 1. The summed E-state index contributed by atoms with van der Waals surface area (Å²) in [5, 5.41) is 3.38. The summed E-state index contributed by atoms with van der Waals surface area (Å²) in [4.78, 5) is 4.55. The van der Waals surface area contributed by atoms with Crippen LogP contribution in [-0.2, 0) is 6.54 Å². The number of anilines is 1. The molecule has 0 saturated heterocycles. The summed E-state index contributed by atoms with van der Waals surface area (Å²) in [6.07, 6.45) is 1.86. The molecule has 3 nitrogen and oxygen atoms in total. The van der Waals surface area contributed by atoms with Crippen LogP contribution in [0.4, 0.5) is 5.82 Å². The van der Waals surface area contributed by atoms with E-state index in [2.05, 4.69) is 35.4 Å². The van der Waals surface area contributed by atoms with Crippen LogP contribution in [0.2, 0.25) is 0 Å². The molecule has 0 aliphatic heterocycles. The first-order chi connectivity index (χ1) is 11.2. The number of rotatable bonds is 5. The van der Waals surface area contributed by atoms with Crippen molar-refractivity contribution in [3.63, 3.8) is 0 Å². The van der Waals surface area contributed by atoms with Gasteiger partial charge in [0.15, 0.2) is 0 Å². The van der Waals surface area contributed by atoms with Crippen LogP contribution < -0.4 is 11.1 Å². The molecule has 0 radical (unpaired) electrons. The summed E-state index contributed by atoms with van der Waals surface area (Å²) in [5.74, 6) is 0.901. The Hall–Kier alpha value is -2.65. The van der Waals surface area contributed by atoms with Gasteiger partial charge >= 0.3 is 0 Å². The fraction of sp³-hybridized carbons (Fsp3) is 0.150. The SMILES string of the molecule is Cc1cc([C@@H](N)c2ccccc2)cnc1NCc1ccccc1. The highest BCUT2D eigenvalue weighted by atomic mass is 15.0. The summed E-state index contributed by atoms with van der Waals surface area (Å²) >= 11 is 0. The fourth-order valence-electron chi connectivity index (χ4n) is 2.59. The molecule has 0 unspecified atom stereocenters. The second-order valence-electron chi connectivity index (χ2n) is 5.66. The second-order valence-corrected chi connectivity index (χ2v) is 5.66. The van der Waals surface area contributed by atoms with Gasteiger partial charge in [-0.2, -0.15) is 0 Å². The molecule has 116 valence electrons. The molecule has 2 aromatic carbocycles. The molecular weight excluding hydrogens is 282 g/mol. The monoisotopic (exact) mass is 303 g/mol. The lowest BCUT2D eigenvalue weighted by atomic mass is 10.00. The van der Waals surface area contributed by atoms with E-state index in [1.807, 2.05) is 54.7 Å². The van der Waals surface area contributed by atoms with Gasteiger partial charge < -0.3 is 11.1 Å². The Morgan fingerprint density at radius 3 is 2.26 bits per heavy atom. The molecule has 0 aliphatic carbocycles. The molecule has 3 heteroatoms. The van der Waals surface area contributed by atoms with Crippen LogP contribution in [0.5, 0.6) is 0 Å². The third-order valence-corrected chi connectivity index (χ3v) is 3.92. The van der Waals surface area contributed by atoms with Crippen molar-refractivity contribution >= 4 is 5.82 Å². The third kappa shape index (κ3) is 3.76. The first kappa shape index (κ1) is 15.3. The number of nitrogens with two attached hydrogens (primary N) is 1. The molecule has 0 aliphatic rings. The van der Waals surface area contributed by atoms with Gasteiger partial charge in [-0.05, 0) is 35.2 Å². The van der Waals surface area contributed by atoms with Gasteiger partial charge in [0, 0.05) is 12.7 Å². The molecule has 0 saturated carbocycles. The van der Waals surface area contributed by atoms with Crippen molar-refractivity contribution in [3.05, 3.63) is 95.2 Å². The molecule has 3 rings (SSSR count). The Bertz CT molecular complexity index is 754. The van der Waals surface area contributed by atoms with Crippen LogP contribution in [0.1, 0.15) is 28.3 Å². The molecule has 3 N–H and O–H groups in total. The van der Waals surface area contributed by atoms with Gasteiger partial charge in [0.25, 0.3) is 0 Å². The molecular formula is C20H21N3. The fourth-order valence-corrected chi connectivity index (χ4v) is 2.59. The van der Waals surface area contributed by atoms with E-state index in [9.17, 15) is 0 Å². The van der Waals surface area contributed by atoms with E-state index in [1.54, 1.807) is 0 Å². The van der Waals surface area contributed by atoms with E-state index in [1.165, 1.54) is 5.56 Å². The lowest BCUT2D eigenvalue weighted by Gasteiger charge is -2.15. The summed E-state index contributed by atoms with van der Waals surface area (Å²) in [7, 11) is 0. The second kappa shape index (κ2) is 7.07. The molecule has 0 amide bonds. The third-order valence-electron chi connectivity index (χ3n) is 3.92. The molecule has 23 heavy (non-hydrogen) atoms. The van der Waals surface area contributed by atoms with Gasteiger partial charge in [-0.25, -0.2) is 4.98 Å². The zero-order chi connectivity index (χ0) is 16.1. The van der Waals surface area contributed by atoms with Crippen molar-refractivity contribution in [1.29, 1.82) is 0 Å². The molecule has 1 atom stereocenters. The molecule has 1 aromatic heterocycles. The van der Waals surface area contributed by atoms with Crippen molar-refractivity contribution in [1.82, 2.24) is 4.98 Å². The number of nitrogens with zero attached hydrogens (tertiary/aromatic N) is 1. The standard InChI is InChI=1S/C20H21N3/c1-15-12-18(19(21)17-10-6-3-7-11-17)14-23-20(15)22-13-16-8-4-2-5-9-16/h2-12,14,19H,13,21H2,1H3,(H,22,23)/t19-/m0/s1. The first-order valence-corrected chi connectivity index (χ1v) is 7.79. The smallest absolute Gasteiger partial charge is 0.129 e. The van der Waals surface area contributed by atoms with Gasteiger partial charge in [-0.3, -0.25) is 0 Å². The average Bonchev–Trinajstić information content (AvgIpc) is 2.61. The summed E-state index contributed by atoms with van der Waals surface area (Å²) in [6.45, 7) is 2.82. The van der Waals surface area contributed by atoms with Crippen molar-refractivity contribution in [2.75, 3.05) is 5.32 Å². The average molecular weight is 303 g/mol. The number of benzene rings is 2. The lowest BCUT2D eigenvalue weighted by Crippen LogP contribution is -2.13. The number of hydrogen-bond acceptors (Lipinski definition) is 3. The maximum atomic E-state index is 6.34. The van der Waals surface area contributed by atoms with Gasteiger partial charge in [0.2, 0.25) is 0 Å². The summed E-state index contributed by atoms with van der Waals surface area (Å²) in [6, 6.07) is 22.4. The minimum atomic E-state index is -0.148. The minimum Gasteiger partial charge on any atom is -0.366 e. The van der Waals surface area contributed by atoms with Gasteiger partial charge in [0.05, 0.1) is 6.04 Å². The first-order valence-electron chi connectivity index (χ1n) is 7.79. The van der Waals surface area contributed by atoms with Crippen LogP contribution in [0.3, 0.4) is 0 Å². The number of aryl methyl sites for hydroxylation is 1. The zero-order valence-corrected chi connectivity index (χ0v) is 13.2. The number of hydrogen-bond donors (Lipinski definition) is 2. The largest absolute Gasteiger partial charge is 0.366 e. The highest BCUT2D eigenvalue weighted by Crippen LogP contribution is 2.22. The molecule has 0 fully saturated rings. The van der Waals surface area contributed by atoms with E-state index in [0.717, 1.165) is 29.1 Å². The van der Waals surface area contributed by atoms with E-state index < -0.39 is 0 Å². The summed E-state index contributed by atoms with van der Waals surface area (Å²) in [5.41, 5.74) is 10.8. The van der Waals surface area contributed by atoms with Crippen LogP contribution in [0.25, 0.3) is 0 Å². The van der Waals surface area contributed by atoms with Crippen molar-refractivity contribution in [2.24, 2.45) is 5.73 Å². The van der Waals surface area contributed by atoms with Crippen LogP contribution in [-0.4, -0.2) is 4.98 Å². The van der Waals surface area contributed by atoms with E-state index in [-0.39, 0.29) is 6.04 Å². The predicted molar refractivity (Wildman–Crippen MR) is 95.2 cm³/mol. The number of nitrogens with one attached hydrogen (secondary N) is 1. The Morgan fingerprint density at radius 2 is 1.61 bits per heavy atom. The molecule has 3 aromatic rings. The Labute approximate surface area is 137 Å². The van der Waals surface area contributed by atoms with Gasteiger partial charge in [-0.15, -0.1) is 0 Å². The normalized spacial score (nSPS) is 11.9. The van der Waals surface area contributed by atoms with Crippen LogP contribution in [0.15, 0.2) is 72.9 Å². The molecule has 1 heterocycles. The lowest BCUT2D eigenvalue weighted by molar-refractivity contribution is 0.860. The highest BCUT2D eigenvalue weighted by Gasteiger charge is 2.10. The number of pyridine rings is 1. The van der Waals surface area contributed by atoms with Crippen molar-refractivity contribution in [3.8, 4) is 0 Å². The quantitative estimate of drug-likeness (QED) is 0.747. The van der Waals surface area contributed by atoms with Crippen molar-refractivity contribution in [2.45, 2.75) is 19.5 Å². The zero-order valence-electron chi connectivity index (χ0n) is 13.2. The topological polar surface area (TPSA) is 50.9 Å². The van der Waals surface area contributed by atoms with Crippen molar-refractivity contribution < 1.29 is 0 Å². The van der Waals surface area contributed by atoms with Crippen LogP contribution >= 0.6 is 0 Å². The highest BCUT2D eigenvalue weighted by molar-refractivity contribution is 5.46. The van der Waals surface area contributed by atoms with E-state index in [0.29, 0.717) is 0 Å².